The molecule has 0 aliphatic rings. The fraction of sp³-hybridized carbons (Fsp3) is 0.200. The SMILES string of the molecule is CC(=NN=C(N)N)c1ccc(Nc2cc(C)[n+](C)c(N)n2)cc1. The minimum absolute atomic E-state index is 0.0705. The zero-order chi connectivity index (χ0) is 17.0. The minimum Gasteiger partial charge on any atom is -0.369 e. The highest BCUT2D eigenvalue weighted by molar-refractivity contribution is 5.99. The van der Waals surface area contributed by atoms with Gasteiger partial charge < -0.3 is 16.8 Å². The zero-order valence-corrected chi connectivity index (χ0v) is 13.4. The molecule has 0 amide bonds. The molecule has 0 spiro atoms. The molecule has 0 atom stereocenters. The monoisotopic (exact) mass is 313 g/mol. The van der Waals surface area contributed by atoms with E-state index in [0.717, 1.165) is 22.7 Å². The molecule has 0 aliphatic heterocycles. The molecule has 7 N–H and O–H groups in total. The van der Waals surface area contributed by atoms with Gasteiger partial charge in [-0.15, -0.1) is 5.10 Å². The molecular formula is C15H21N8+. The first-order valence-corrected chi connectivity index (χ1v) is 7.00. The van der Waals surface area contributed by atoms with Crippen molar-refractivity contribution >= 4 is 29.1 Å². The van der Waals surface area contributed by atoms with E-state index in [1.54, 1.807) is 0 Å². The number of guanidine groups is 1. The molecule has 8 nitrogen and oxygen atoms in total. The fourth-order valence-electron chi connectivity index (χ4n) is 1.90. The topological polar surface area (TPSA) is 132 Å². The van der Waals surface area contributed by atoms with Crippen LogP contribution in [0.1, 0.15) is 18.2 Å². The maximum Gasteiger partial charge on any atom is 0.391 e. The lowest BCUT2D eigenvalue weighted by Gasteiger charge is -2.07. The largest absolute Gasteiger partial charge is 0.391 e. The summed E-state index contributed by atoms with van der Waals surface area (Å²) in [5, 5.41) is 10.8. The van der Waals surface area contributed by atoms with Gasteiger partial charge in [-0.2, -0.15) is 5.10 Å². The predicted molar refractivity (Wildman–Crippen MR) is 92.3 cm³/mol. The van der Waals surface area contributed by atoms with Crippen LogP contribution in [-0.2, 0) is 7.05 Å². The van der Waals surface area contributed by atoms with Crippen molar-refractivity contribution in [2.75, 3.05) is 11.1 Å². The molecule has 120 valence electrons. The summed E-state index contributed by atoms with van der Waals surface area (Å²) < 4.78 is 1.82. The van der Waals surface area contributed by atoms with Crippen LogP contribution in [0.15, 0.2) is 40.5 Å². The number of hydrogen-bond acceptors (Lipinski definition) is 5. The highest BCUT2D eigenvalue weighted by Gasteiger charge is 2.10. The Hall–Kier alpha value is -3.16. The van der Waals surface area contributed by atoms with E-state index in [1.165, 1.54) is 0 Å². The molecule has 1 heterocycles. The van der Waals surface area contributed by atoms with Crippen LogP contribution < -0.4 is 27.1 Å². The molecule has 0 unspecified atom stereocenters. The minimum atomic E-state index is -0.0705. The average molecular weight is 313 g/mol. The van der Waals surface area contributed by atoms with Gasteiger partial charge in [0.15, 0.2) is 0 Å². The van der Waals surface area contributed by atoms with Crippen LogP contribution in [0.3, 0.4) is 0 Å². The standard InChI is InChI=1S/C15H20N8/c1-9-8-13(20-15(18)23(9)3)19-12-6-4-11(5-7-12)10(2)21-22-14(16)17/h4-8H,1-3H3,(H6,16,17,18,19,20,21,22)/p+1. The van der Waals surface area contributed by atoms with Gasteiger partial charge in [0.25, 0.3) is 0 Å². The van der Waals surface area contributed by atoms with Crippen molar-refractivity contribution in [1.82, 2.24) is 4.98 Å². The highest BCUT2D eigenvalue weighted by atomic mass is 15.3. The van der Waals surface area contributed by atoms with E-state index < -0.39 is 0 Å². The van der Waals surface area contributed by atoms with Gasteiger partial charge in [0.2, 0.25) is 11.8 Å². The van der Waals surface area contributed by atoms with E-state index in [-0.39, 0.29) is 5.96 Å². The number of rotatable bonds is 4. The molecule has 0 saturated carbocycles. The van der Waals surface area contributed by atoms with Gasteiger partial charge in [-0.25, -0.2) is 4.57 Å². The van der Waals surface area contributed by atoms with Crippen LogP contribution in [-0.4, -0.2) is 16.7 Å². The quantitative estimate of drug-likeness (QED) is 0.283. The number of nitrogen functional groups attached to an aromatic ring is 1. The Labute approximate surface area is 134 Å². The lowest BCUT2D eigenvalue weighted by atomic mass is 10.1. The number of nitrogens with one attached hydrogen (secondary N) is 1. The van der Waals surface area contributed by atoms with E-state index in [2.05, 4.69) is 20.5 Å². The van der Waals surface area contributed by atoms with E-state index in [4.69, 9.17) is 17.2 Å². The zero-order valence-electron chi connectivity index (χ0n) is 13.4. The third-order valence-corrected chi connectivity index (χ3v) is 3.34. The molecule has 1 aromatic carbocycles. The van der Waals surface area contributed by atoms with Crippen LogP contribution in [0, 0.1) is 6.92 Å². The summed E-state index contributed by atoms with van der Waals surface area (Å²) in [6, 6.07) is 9.61. The lowest BCUT2D eigenvalue weighted by Crippen LogP contribution is -2.36. The molecule has 1 aromatic heterocycles. The van der Waals surface area contributed by atoms with Gasteiger partial charge in [0.05, 0.1) is 18.5 Å². The van der Waals surface area contributed by atoms with Crippen molar-refractivity contribution in [3.8, 4) is 0 Å². The normalized spacial score (nSPS) is 11.2. The number of aromatic nitrogens is 2. The first-order valence-electron chi connectivity index (χ1n) is 7.00. The predicted octanol–water partition coefficient (Wildman–Crippen LogP) is 0.538. The van der Waals surface area contributed by atoms with E-state index >= 15 is 0 Å². The molecule has 2 rings (SSSR count). The molecule has 23 heavy (non-hydrogen) atoms. The van der Waals surface area contributed by atoms with Crippen molar-refractivity contribution in [3.05, 3.63) is 41.6 Å². The lowest BCUT2D eigenvalue weighted by molar-refractivity contribution is -0.665. The molecule has 0 aliphatic carbocycles. The van der Waals surface area contributed by atoms with Crippen molar-refractivity contribution in [1.29, 1.82) is 0 Å². The maximum atomic E-state index is 5.86. The molecule has 0 bridgehead atoms. The van der Waals surface area contributed by atoms with Gasteiger partial charge in [0, 0.05) is 11.8 Å². The summed E-state index contributed by atoms with van der Waals surface area (Å²) in [5.74, 6) is 1.07. The Kier molecular flexibility index (Phi) is 4.75. The second kappa shape index (κ2) is 6.73. The van der Waals surface area contributed by atoms with Crippen LogP contribution >= 0.6 is 0 Å². The van der Waals surface area contributed by atoms with E-state index in [1.807, 2.05) is 55.8 Å². The smallest absolute Gasteiger partial charge is 0.369 e. The highest BCUT2D eigenvalue weighted by Crippen LogP contribution is 2.16. The summed E-state index contributed by atoms with van der Waals surface area (Å²) in [5.41, 5.74) is 19.9. The maximum absolute atomic E-state index is 5.86. The first-order chi connectivity index (χ1) is 10.9. The summed E-state index contributed by atoms with van der Waals surface area (Å²) in [4.78, 5) is 4.30. The molecule has 8 heteroatoms. The summed E-state index contributed by atoms with van der Waals surface area (Å²) in [6.07, 6.45) is 0. The Morgan fingerprint density at radius 3 is 2.39 bits per heavy atom. The summed E-state index contributed by atoms with van der Waals surface area (Å²) in [6.45, 7) is 3.80. The van der Waals surface area contributed by atoms with Crippen molar-refractivity contribution in [2.24, 2.45) is 28.7 Å². The average Bonchev–Trinajstić information content (AvgIpc) is 2.51. The van der Waals surface area contributed by atoms with Crippen LogP contribution in [0.2, 0.25) is 0 Å². The fourth-order valence-corrected chi connectivity index (χ4v) is 1.90. The second-order valence-electron chi connectivity index (χ2n) is 5.11. The summed E-state index contributed by atoms with van der Waals surface area (Å²) >= 11 is 0. The number of anilines is 3. The number of aryl methyl sites for hydroxylation is 1. The van der Waals surface area contributed by atoms with E-state index in [9.17, 15) is 0 Å². The van der Waals surface area contributed by atoms with Crippen LogP contribution in [0.4, 0.5) is 17.5 Å². The van der Waals surface area contributed by atoms with Gasteiger partial charge in [-0.1, -0.05) is 17.1 Å². The Morgan fingerprint density at radius 2 is 1.83 bits per heavy atom. The molecular weight excluding hydrogens is 292 g/mol. The third-order valence-electron chi connectivity index (χ3n) is 3.34. The number of nitrogens with zero attached hydrogens (tertiary/aromatic N) is 4. The molecule has 0 saturated heterocycles. The van der Waals surface area contributed by atoms with Crippen molar-refractivity contribution in [3.63, 3.8) is 0 Å². The molecule has 2 aromatic rings. The number of benzene rings is 1. The molecule has 0 fully saturated rings. The Morgan fingerprint density at radius 1 is 1.17 bits per heavy atom. The van der Waals surface area contributed by atoms with Gasteiger partial charge in [-0.05, 0) is 31.5 Å². The third kappa shape index (κ3) is 4.16. The number of hydrogen-bond donors (Lipinski definition) is 4. The van der Waals surface area contributed by atoms with Crippen molar-refractivity contribution < 1.29 is 4.57 Å². The van der Waals surface area contributed by atoms with Gasteiger partial charge in [-0.3, -0.25) is 5.73 Å². The second-order valence-corrected chi connectivity index (χ2v) is 5.11. The van der Waals surface area contributed by atoms with Gasteiger partial charge in [0.1, 0.15) is 0 Å². The van der Waals surface area contributed by atoms with Gasteiger partial charge >= 0.3 is 5.95 Å². The van der Waals surface area contributed by atoms with Crippen molar-refractivity contribution in [2.45, 2.75) is 13.8 Å². The Balaban J connectivity index is 2.17. The van der Waals surface area contributed by atoms with E-state index in [0.29, 0.717) is 11.8 Å². The number of nitrogens with two attached hydrogens (primary N) is 3. The molecule has 0 radical (unpaired) electrons. The van der Waals surface area contributed by atoms with Crippen LogP contribution in [0.25, 0.3) is 0 Å². The Bertz CT molecular complexity index is 735. The summed E-state index contributed by atoms with van der Waals surface area (Å²) in [7, 11) is 1.87. The first kappa shape index (κ1) is 16.2. The van der Waals surface area contributed by atoms with Crippen LogP contribution in [0.5, 0.6) is 0 Å².